The second-order valence-corrected chi connectivity index (χ2v) is 7.23. The number of aromatic nitrogens is 1. The number of morpholine rings is 1. The van der Waals surface area contributed by atoms with Gasteiger partial charge in [-0.15, -0.1) is 0 Å². The van der Waals surface area contributed by atoms with Crippen LogP contribution in [0.4, 0.5) is 0 Å². The first-order chi connectivity index (χ1) is 13.0. The minimum atomic E-state index is -0.522. The third-order valence-corrected chi connectivity index (χ3v) is 4.64. The van der Waals surface area contributed by atoms with Crippen LogP contribution in [0.5, 0.6) is 0 Å². The molecule has 1 atom stereocenters. The number of benzene rings is 1. The SMILES string of the molecule is CC(C)C[C@@H](NC(=O)c1cccc(-n2cccc2)c1)C(=O)N1CCOCC1. The highest BCUT2D eigenvalue weighted by atomic mass is 16.5. The van der Waals surface area contributed by atoms with Crippen molar-refractivity contribution >= 4 is 11.8 Å². The number of nitrogens with one attached hydrogen (secondary N) is 1. The van der Waals surface area contributed by atoms with Gasteiger partial charge >= 0.3 is 0 Å². The van der Waals surface area contributed by atoms with E-state index in [1.807, 2.05) is 47.3 Å². The maximum absolute atomic E-state index is 12.9. The lowest BCUT2D eigenvalue weighted by Crippen LogP contribution is -2.52. The Balaban J connectivity index is 1.74. The lowest BCUT2D eigenvalue weighted by molar-refractivity contribution is -0.137. The van der Waals surface area contributed by atoms with Crippen molar-refractivity contribution in [3.63, 3.8) is 0 Å². The molecule has 1 aromatic heterocycles. The van der Waals surface area contributed by atoms with E-state index in [9.17, 15) is 9.59 Å². The first kappa shape index (κ1) is 19.2. The van der Waals surface area contributed by atoms with Crippen molar-refractivity contribution in [3.8, 4) is 5.69 Å². The number of carbonyl (C=O) groups is 2. The van der Waals surface area contributed by atoms with E-state index in [0.29, 0.717) is 44.2 Å². The second kappa shape index (κ2) is 8.86. The highest BCUT2D eigenvalue weighted by Crippen LogP contribution is 2.14. The Bertz CT molecular complexity index is 765. The van der Waals surface area contributed by atoms with Crippen LogP contribution in [0.15, 0.2) is 48.8 Å². The van der Waals surface area contributed by atoms with E-state index in [0.717, 1.165) is 5.69 Å². The van der Waals surface area contributed by atoms with Crippen molar-refractivity contribution in [3.05, 3.63) is 54.4 Å². The van der Waals surface area contributed by atoms with Gasteiger partial charge in [-0.05, 0) is 42.7 Å². The molecule has 1 fully saturated rings. The summed E-state index contributed by atoms with van der Waals surface area (Å²) in [5.74, 6) is 0.0460. The van der Waals surface area contributed by atoms with Crippen LogP contribution in [0.25, 0.3) is 5.69 Å². The first-order valence-electron chi connectivity index (χ1n) is 9.45. The maximum Gasteiger partial charge on any atom is 0.252 e. The summed E-state index contributed by atoms with van der Waals surface area (Å²) in [6.45, 7) is 6.36. The zero-order chi connectivity index (χ0) is 19.2. The summed E-state index contributed by atoms with van der Waals surface area (Å²) in [4.78, 5) is 27.5. The van der Waals surface area contributed by atoms with Crippen molar-refractivity contribution in [2.24, 2.45) is 5.92 Å². The van der Waals surface area contributed by atoms with E-state index in [1.54, 1.807) is 11.0 Å². The van der Waals surface area contributed by atoms with Crippen molar-refractivity contribution in [1.82, 2.24) is 14.8 Å². The molecule has 0 radical (unpaired) electrons. The average molecular weight is 369 g/mol. The van der Waals surface area contributed by atoms with Crippen LogP contribution in [-0.2, 0) is 9.53 Å². The number of nitrogens with zero attached hydrogens (tertiary/aromatic N) is 2. The fraction of sp³-hybridized carbons (Fsp3) is 0.429. The molecule has 0 saturated carbocycles. The fourth-order valence-electron chi connectivity index (χ4n) is 3.25. The number of amides is 2. The van der Waals surface area contributed by atoms with Crippen molar-refractivity contribution in [2.45, 2.75) is 26.3 Å². The van der Waals surface area contributed by atoms with Crippen LogP contribution in [0.2, 0.25) is 0 Å². The molecule has 6 nitrogen and oxygen atoms in total. The van der Waals surface area contributed by atoms with E-state index in [1.165, 1.54) is 0 Å². The van der Waals surface area contributed by atoms with Crippen molar-refractivity contribution in [1.29, 1.82) is 0 Å². The van der Waals surface area contributed by atoms with Gasteiger partial charge in [0.05, 0.1) is 13.2 Å². The topological polar surface area (TPSA) is 63.6 Å². The largest absolute Gasteiger partial charge is 0.378 e. The van der Waals surface area contributed by atoms with Crippen molar-refractivity contribution < 1.29 is 14.3 Å². The quantitative estimate of drug-likeness (QED) is 0.851. The van der Waals surface area contributed by atoms with Gasteiger partial charge in [-0.3, -0.25) is 9.59 Å². The highest BCUT2D eigenvalue weighted by Gasteiger charge is 2.28. The molecular formula is C21H27N3O3. The molecule has 0 aliphatic carbocycles. The van der Waals surface area contributed by atoms with Gasteiger partial charge in [-0.1, -0.05) is 19.9 Å². The molecule has 144 valence electrons. The Labute approximate surface area is 160 Å². The fourth-order valence-corrected chi connectivity index (χ4v) is 3.25. The Hall–Kier alpha value is -2.60. The Morgan fingerprint density at radius 1 is 1.11 bits per heavy atom. The molecule has 0 spiro atoms. The van der Waals surface area contributed by atoms with Crippen molar-refractivity contribution in [2.75, 3.05) is 26.3 Å². The molecule has 3 rings (SSSR count). The van der Waals surface area contributed by atoms with E-state index >= 15 is 0 Å². The molecule has 0 bridgehead atoms. The van der Waals surface area contributed by atoms with E-state index in [4.69, 9.17) is 4.74 Å². The van der Waals surface area contributed by atoms with Gasteiger partial charge in [0.2, 0.25) is 5.91 Å². The molecule has 2 amide bonds. The Morgan fingerprint density at radius 2 is 1.81 bits per heavy atom. The smallest absolute Gasteiger partial charge is 0.252 e. The molecule has 1 aliphatic rings. The van der Waals surface area contributed by atoms with Gasteiger partial charge in [-0.25, -0.2) is 0 Å². The molecule has 1 N–H and O–H groups in total. The second-order valence-electron chi connectivity index (χ2n) is 7.23. The number of ether oxygens (including phenoxy) is 1. The van der Waals surface area contributed by atoms with Crippen LogP contribution in [0.3, 0.4) is 0 Å². The van der Waals surface area contributed by atoms with Crippen LogP contribution in [-0.4, -0.2) is 53.6 Å². The molecule has 6 heteroatoms. The Kier molecular flexibility index (Phi) is 6.29. The third-order valence-electron chi connectivity index (χ3n) is 4.64. The number of hydrogen-bond donors (Lipinski definition) is 1. The van der Waals surface area contributed by atoms with Crippen LogP contribution in [0.1, 0.15) is 30.6 Å². The zero-order valence-electron chi connectivity index (χ0n) is 15.9. The van der Waals surface area contributed by atoms with Crippen LogP contribution < -0.4 is 5.32 Å². The third kappa shape index (κ3) is 4.98. The van der Waals surface area contributed by atoms with Crippen LogP contribution in [0, 0.1) is 5.92 Å². The van der Waals surface area contributed by atoms with Gasteiger partial charge in [0.15, 0.2) is 0 Å². The van der Waals surface area contributed by atoms with E-state index in [2.05, 4.69) is 19.2 Å². The molecule has 1 saturated heterocycles. The van der Waals surface area contributed by atoms with Gasteiger partial charge in [-0.2, -0.15) is 0 Å². The molecule has 2 heterocycles. The van der Waals surface area contributed by atoms with Gasteiger partial charge < -0.3 is 19.5 Å². The summed E-state index contributed by atoms with van der Waals surface area (Å²) in [6, 6.07) is 10.8. The summed E-state index contributed by atoms with van der Waals surface area (Å²) >= 11 is 0. The molecule has 27 heavy (non-hydrogen) atoms. The van der Waals surface area contributed by atoms with Gasteiger partial charge in [0.1, 0.15) is 6.04 Å². The predicted octanol–water partition coefficient (Wildman–Crippen LogP) is 2.48. The summed E-state index contributed by atoms with van der Waals surface area (Å²) in [7, 11) is 0. The molecule has 1 aliphatic heterocycles. The summed E-state index contributed by atoms with van der Waals surface area (Å²) < 4.78 is 7.27. The first-order valence-corrected chi connectivity index (χ1v) is 9.45. The van der Waals surface area contributed by atoms with Gasteiger partial charge in [0, 0.05) is 36.7 Å². The molecule has 1 aromatic carbocycles. The summed E-state index contributed by atoms with van der Waals surface area (Å²) in [6.07, 6.45) is 4.47. The standard InChI is InChI=1S/C21H27N3O3/c1-16(2)14-19(21(26)24-10-12-27-13-11-24)22-20(25)17-6-5-7-18(15-17)23-8-3-4-9-23/h3-9,15-16,19H,10-14H2,1-2H3,(H,22,25)/t19-/m1/s1. The van der Waals surface area contributed by atoms with Gasteiger partial charge in [0.25, 0.3) is 5.91 Å². The maximum atomic E-state index is 12.9. The highest BCUT2D eigenvalue weighted by molar-refractivity contribution is 5.98. The number of hydrogen-bond acceptors (Lipinski definition) is 3. The summed E-state index contributed by atoms with van der Waals surface area (Å²) in [5, 5.41) is 2.95. The average Bonchev–Trinajstić information content (AvgIpc) is 3.22. The lowest BCUT2D eigenvalue weighted by atomic mass is 10.0. The Morgan fingerprint density at radius 3 is 2.48 bits per heavy atom. The van der Waals surface area contributed by atoms with Crippen LogP contribution >= 0.6 is 0 Å². The van der Waals surface area contributed by atoms with E-state index < -0.39 is 6.04 Å². The number of rotatable bonds is 6. The summed E-state index contributed by atoms with van der Waals surface area (Å²) in [5.41, 5.74) is 1.46. The number of carbonyl (C=O) groups excluding carboxylic acids is 2. The minimum Gasteiger partial charge on any atom is -0.378 e. The monoisotopic (exact) mass is 369 g/mol. The normalized spacial score (nSPS) is 15.6. The lowest BCUT2D eigenvalue weighted by Gasteiger charge is -2.31. The zero-order valence-corrected chi connectivity index (χ0v) is 15.9. The van der Waals surface area contributed by atoms with E-state index in [-0.39, 0.29) is 11.8 Å². The predicted molar refractivity (Wildman–Crippen MR) is 104 cm³/mol. The molecular weight excluding hydrogens is 342 g/mol. The minimum absolute atomic E-state index is 0.0260. The molecule has 2 aromatic rings. The molecule has 0 unspecified atom stereocenters.